The number of halogens is 1. The number of aromatic nitrogens is 3. The van der Waals surface area contributed by atoms with E-state index in [2.05, 4.69) is 15.4 Å². The number of carbonyl (C=O) groups excluding carboxylic acids is 1. The molecule has 1 aromatic carbocycles. The lowest BCUT2D eigenvalue weighted by molar-refractivity contribution is -0.385. The van der Waals surface area contributed by atoms with Crippen LogP contribution in [0, 0.1) is 15.9 Å². The summed E-state index contributed by atoms with van der Waals surface area (Å²) in [6.45, 7) is 1.76. The van der Waals surface area contributed by atoms with Crippen molar-refractivity contribution in [1.29, 1.82) is 0 Å². The number of nitro groups is 1. The largest absolute Gasteiger partial charge is 0.462 e. The predicted molar refractivity (Wildman–Crippen MR) is 89.3 cm³/mol. The van der Waals surface area contributed by atoms with Gasteiger partial charge in [-0.15, -0.1) is 0 Å². The van der Waals surface area contributed by atoms with E-state index in [4.69, 9.17) is 4.74 Å². The van der Waals surface area contributed by atoms with Crippen LogP contribution in [0.1, 0.15) is 23.0 Å². The molecule has 1 N–H and O–H groups in total. The fourth-order valence-corrected chi connectivity index (χ4v) is 2.45. The number of nitrogens with zero attached hydrogens (tertiary/aromatic N) is 4. The van der Waals surface area contributed by atoms with E-state index in [1.807, 2.05) is 0 Å². The van der Waals surface area contributed by atoms with Gasteiger partial charge in [-0.25, -0.2) is 18.7 Å². The summed E-state index contributed by atoms with van der Waals surface area (Å²) in [5.41, 5.74) is 0.316. The van der Waals surface area contributed by atoms with Crippen LogP contribution in [0.3, 0.4) is 0 Å². The van der Waals surface area contributed by atoms with Gasteiger partial charge in [0, 0.05) is 18.3 Å². The second kappa shape index (κ2) is 7.13. The number of fused-ring (bicyclic) bond motifs is 1. The number of esters is 1. The van der Waals surface area contributed by atoms with E-state index < -0.39 is 22.4 Å². The van der Waals surface area contributed by atoms with E-state index in [0.717, 1.165) is 12.1 Å². The molecule has 0 radical (unpaired) electrons. The maximum absolute atomic E-state index is 14.4. The molecular formula is C16H14FN5O4. The van der Waals surface area contributed by atoms with E-state index in [-0.39, 0.29) is 24.4 Å². The zero-order valence-corrected chi connectivity index (χ0v) is 13.7. The third-order valence-corrected chi connectivity index (χ3v) is 3.60. The number of ether oxygens (including phenoxy) is 1. The Kier molecular flexibility index (Phi) is 4.74. The highest BCUT2D eigenvalue weighted by atomic mass is 19.1. The minimum absolute atomic E-state index is 0.0564. The van der Waals surface area contributed by atoms with Gasteiger partial charge in [0.15, 0.2) is 11.5 Å². The number of rotatable bonds is 6. The van der Waals surface area contributed by atoms with Crippen molar-refractivity contribution in [1.82, 2.24) is 14.6 Å². The Hall–Kier alpha value is -3.56. The topological polar surface area (TPSA) is 112 Å². The van der Waals surface area contributed by atoms with Crippen molar-refractivity contribution in [2.24, 2.45) is 0 Å². The molecule has 9 nitrogen and oxygen atoms in total. The first-order valence-corrected chi connectivity index (χ1v) is 7.67. The maximum atomic E-state index is 14.4. The average molecular weight is 359 g/mol. The summed E-state index contributed by atoms with van der Waals surface area (Å²) >= 11 is 0. The third kappa shape index (κ3) is 3.29. The second-order valence-corrected chi connectivity index (χ2v) is 5.22. The zero-order valence-electron chi connectivity index (χ0n) is 13.7. The fraction of sp³-hybridized carbons (Fsp3) is 0.188. The summed E-state index contributed by atoms with van der Waals surface area (Å²) in [5, 5.41) is 17.9. The molecule has 0 atom stereocenters. The minimum Gasteiger partial charge on any atom is -0.462 e. The molecule has 2 heterocycles. The van der Waals surface area contributed by atoms with Crippen LogP contribution in [0.5, 0.6) is 0 Å². The summed E-state index contributed by atoms with van der Waals surface area (Å²) < 4.78 is 20.8. The number of hydrogen-bond donors (Lipinski definition) is 1. The number of nitro benzene ring substituents is 1. The molecule has 0 aliphatic rings. The van der Waals surface area contributed by atoms with Crippen LogP contribution in [0.15, 0.2) is 36.7 Å². The quantitative estimate of drug-likeness (QED) is 0.409. The normalized spacial score (nSPS) is 10.7. The first-order chi connectivity index (χ1) is 12.5. The summed E-state index contributed by atoms with van der Waals surface area (Å²) in [4.78, 5) is 26.4. The van der Waals surface area contributed by atoms with Gasteiger partial charge in [0.05, 0.1) is 47.3 Å². The molecule has 26 heavy (non-hydrogen) atoms. The maximum Gasteiger partial charge on any atom is 0.340 e. The Morgan fingerprint density at radius 1 is 1.38 bits per heavy atom. The van der Waals surface area contributed by atoms with Crippen molar-refractivity contribution < 1.29 is 18.8 Å². The molecule has 0 unspecified atom stereocenters. The summed E-state index contributed by atoms with van der Waals surface area (Å²) in [6, 6.07) is 5.13. The van der Waals surface area contributed by atoms with Gasteiger partial charge in [0.1, 0.15) is 0 Å². The number of hydrogen-bond acceptors (Lipinski definition) is 7. The summed E-state index contributed by atoms with van der Waals surface area (Å²) in [7, 11) is 0. The van der Waals surface area contributed by atoms with Crippen LogP contribution in [0.25, 0.3) is 5.65 Å². The molecule has 2 aromatic heterocycles. The SMILES string of the molecule is CCOC(=O)c1cc([N+](=O)[O-])cc(F)c1NCc1ccnc2ccnn12. The molecule has 0 aliphatic heterocycles. The molecule has 0 amide bonds. The van der Waals surface area contributed by atoms with Crippen LogP contribution >= 0.6 is 0 Å². The van der Waals surface area contributed by atoms with Gasteiger partial charge >= 0.3 is 5.97 Å². The van der Waals surface area contributed by atoms with E-state index in [9.17, 15) is 19.3 Å². The van der Waals surface area contributed by atoms with Gasteiger partial charge in [-0.05, 0) is 13.0 Å². The van der Waals surface area contributed by atoms with Crippen molar-refractivity contribution in [2.75, 3.05) is 11.9 Å². The lowest BCUT2D eigenvalue weighted by Crippen LogP contribution is -2.14. The fourth-order valence-electron chi connectivity index (χ4n) is 2.45. The molecule has 134 valence electrons. The Morgan fingerprint density at radius 2 is 2.19 bits per heavy atom. The first kappa shape index (κ1) is 17.3. The molecule has 0 aliphatic carbocycles. The number of non-ortho nitro benzene ring substituents is 1. The van der Waals surface area contributed by atoms with Crippen LogP contribution in [-0.2, 0) is 11.3 Å². The molecule has 3 aromatic rings. The average Bonchev–Trinajstić information content (AvgIpc) is 3.09. The van der Waals surface area contributed by atoms with Gasteiger partial charge in [-0.2, -0.15) is 5.10 Å². The lowest BCUT2D eigenvalue weighted by atomic mass is 10.1. The molecule has 0 spiro atoms. The molecule has 10 heteroatoms. The highest BCUT2D eigenvalue weighted by Gasteiger charge is 2.22. The van der Waals surface area contributed by atoms with E-state index >= 15 is 0 Å². The van der Waals surface area contributed by atoms with Crippen molar-refractivity contribution in [3.05, 3.63) is 63.8 Å². The Bertz CT molecular complexity index is 988. The van der Waals surface area contributed by atoms with Gasteiger partial charge in [-0.3, -0.25) is 10.1 Å². The van der Waals surface area contributed by atoms with Crippen molar-refractivity contribution in [2.45, 2.75) is 13.5 Å². The van der Waals surface area contributed by atoms with Gasteiger partial charge in [0.25, 0.3) is 5.69 Å². The van der Waals surface area contributed by atoms with Gasteiger partial charge in [0.2, 0.25) is 0 Å². The lowest BCUT2D eigenvalue weighted by Gasteiger charge is -2.13. The molecule has 3 rings (SSSR count). The van der Waals surface area contributed by atoms with Crippen molar-refractivity contribution in [3.8, 4) is 0 Å². The molecule has 0 fully saturated rings. The van der Waals surface area contributed by atoms with Crippen LogP contribution in [0.2, 0.25) is 0 Å². The smallest absolute Gasteiger partial charge is 0.340 e. The Labute approximate surface area is 146 Å². The van der Waals surface area contributed by atoms with Crippen LogP contribution < -0.4 is 5.32 Å². The standard InChI is InChI=1S/C16H14FN5O4/c1-2-26-16(23)12-7-11(22(24)25)8-13(17)15(12)19-9-10-3-5-18-14-4-6-20-21(10)14/h3-8,19H,2,9H2,1H3. The monoisotopic (exact) mass is 359 g/mol. The highest BCUT2D eigenvalue weighted by molar-refractivity contribution is 5.96. The number of nitrogens with one attached hydrogen (secondary N) is 1. The van der Waals surface area contributed by atoms with Gasteiger partial charge in [-0.1, -0.05) is 0 Å². The third-order valence-electron chi connectivity index (χ3n) is 3.60. The Balaban J connectivity index is 1.96. The van der Waals surface area contributed by atoms with E-state index in [1.165, 1.54) is 0 Å². The van der Waals surface area contributed by atoms with Crippen LogP contribution in [0.4, 0.5) is 15.8 Å². The predicted octanol–water partition coefficient (Wildman–Crippen LogP) is 2.57. The molecule has 0 bridgehead atoms. The number of anilines is 1. The van der Waals surface area contributed by atoms with Crippen molar-refractivity contribution >= 4 is 23.0 Å². The molecule has 0 saturated heterocycles. The van der Waals surface area contributed by atoms with Gasteiger partial charge < -0.3 is 10.1 Å². The summed E-state index contributed by atoms with van der Waals surface area (Å²) in [5.74, 6) is -1.77. The van der Waals surface area contributed by atoms with Crippen molar-refractivity contribution in [3.63, 3.8) is 0 Å². The Morgan fingerprint density at radius 3 is 2.92 bits per heavy atom. The van der Waals surface area contributed by atoms with E-state index in [0.29, 0.717) is 11.3 Å². The van der Waals surface area contributed by atoms with Crippen LogP contribution in [-0.4, -0.2) is 32.1 Å². The number of carbonyl (C=O) groups is 1. The molecule has 0 saturated carbocycles. The summed E-state index contributed by atoms with van der Waals surface area (Å²) in [6.07, 6.45) is 3.15. The second-order valence-electron chi connectivity index (χ2n) is 5.22. The zero-order chi connectivity index (χ0) is 18.7. The van der Waals surface area contributed by atoms with E-state index in [1.54, 1.807) is 36.0 Å². The highest BCUT2D eigenvalue weighted by Crippen LogP contribution is 2.27. The minimum atomic E-state index is -0.923. The number of benzene rings is 1. The first-order valence-electron chi connectivity index (χ1n) is 7.67. The molecular weight excluding hydrogens is 345 g/mol.